The fourth-order valence-corrected chi connectivity index (χ4v) is 1.89. The molecule has 1 nitrogen and oxygen atoms in total. The topological polar surface area (TPSA) is 9.23 Å². The van der Waals surface area contributed by atoms with Crippen LogP contribution in [0.2, 0.25) is 0 Å². The average molecular weight is 265 g/mol. The molecule has 0 atom stereocenters. The van der Waals surface area contributed by atoms with Gasteiger partial charge in [0.2, 0.25) is 0 Å². The molecule has 0 saturated heterocycles. The third-order valence-electron chi connectivity index (χ3n) is 2.77. The van der Waals surface area contributed by atoms with Crippen molar-refractivity contribution in [3.63, 3.8) is 0 Å². The summed E-state index contributed by atoms with van der Waals surface area (Å²) >= 11 is 5.76. The molecule has 94 valence electrons. The number of hydrogen-bond donors (Lipinski definition) is 0. The number of hydrogen-bond acceptors (Lipinski definition) is 1. The third kappa shape index (κ3) is 2.65. The van der Waals surface area contributed by atoms with Crippen LogP contribution in [0.3, 0.4) is 0 Å². The van der Waals surface area contributed by atoms with Gasteiger partial charge in [0.25, 0.3) is 0 Å². The Morgan fingerprint density at radius 1 is 1.06 bits per heavy atom. The van der Waals surface area contributed by atoms with E-state index >= 15 is 0 Å². The van der Waals surface area contributed by atoms with E-state index in [-0.39, 0.29) is 11.6 Å². The van der Waals surface area contributed by atoms with E-state index in [2.05, 4.69) is 0 Å². The van der Waals surface area contributed by atoms with Crippen molar-refractivity contribution >= 4 is 11.6 Å². The smallest absolute Gasteiger partial charge is 0.168 e. The maximum Gasteiger partial charge on any atom is 0.168 e. The largest absolute Gasteiger partial charge is 0.454 e. The second-order valence-corrected chi connectivity index (χ2v) is 4.49. The summed E-state index contributed by atoms with van der Waals surface area (Å²) in [5.41, 5.74) is 2.53. The molecule has 0 spiro atoms. The van der Waals surface area contributed by atoms with E-state index in [4.69, 9.17) is 16.3 Å². The minimum Gasteiger partial charge on any atom is -0.454 e. The summed E-state index contributed by atoms with van der Waals surface area (Å²) in [6.45, 7) is 3.63. The molecule has 0 saturated carbocycles. The van der Waals surface area contributed by atoms with Crippen molar-refractivity contribution in [2.45, 2.75) is 19.7 Å². The average Bonchev–Trinajstić information content (AvgIpc) is 2.37. The van der Waals surface area contributed by atoms with Gasteiger partial charge in [-0.1, -0.05) is 24.3 Å². The first-order valence-electron chi connectivity index (χ1n) is 5.70. The number of rotatable bonds is 3. The Kier molecular flexibility index (Phi) is 3.87. The molecule has 3 heteroatoms. The van der Waals surface area contributed by atoms with Crippen LogP contribution < -0.4 is 4.74 Å². The maximum absolute atomic E-state index is 13.8. The van der Waals surface area contributed by atoms with Crippen LogP contribution in [0.1, 0.15) is 16.7 Å². The van der Waals surface area contributed by atoms with Crippen molar-refractivity contribution in [3.05, 3.63) is 58.9 Å². The monoisotopic (exact) mass is 264 g/mol. The van der Waals surface area contributed by atoms with Crippen LogP contribution in [-0.4, -0.2) is 0 Å². The van der Waals surface area contributed by atoms with E-state index in [0.29, 0.717) is 17.2 Å². The molecular formula is C15H14ClFO. The van der Waals surface area contributed by atoms with E-state index in [1.807, 2.05) is 25.1 Å². The molecule has 0 fully saturated rings. The van der Waals surface area contributed by atoms with Crippen LogP contribution in [0.15, 0.2) is 36.4 Å². The van der Waals surface area contributed by atoms with Gasteiger partial charge in [0, 0.05) is 5.88 Å². The molecule has 18 heavy (non-hydrogen) atoms. The summed E-state index contributed by atoms with van der Waals surface area (Å²) in [7, 11) is 0. The summed E-state index contributed by atoms with van der Waals surface area (Å²) in [5.74, 6) is 1.03. The van der Waals surface area contributed by atoms with Gasteiger partial charge in [-0.3, -0.25) is 0 Å². The van der Waals surface area contributed by atoms with Gasteiger partial charge in [-0.15, -0.1) is 11.6 Å². The van der Waals surface area contributed by atoms with Gasteiger partial charge in [0.05, 0.1) is 0 Å². The summed E-state index contributed by atoms with van der Waals surface area (Å²) in [6, 6.07) is 10.7. The highest BCUT2D eigenvalue weighted by molar-refractivity contribution is 6.17. The molecule has 0 aliphatic heterocycles. The van der Waals surface area contributed by atoms with E-state index in [9.17, 15) is 4.39 Å². The molecule has 0 amide bonds. The van der Waals surface area contributed by atoms with Gasteiger partial charge < -0.3 is 4.74 Å². The van der Waals surface area contributed by atoms with E-state index in [0.717, 1.165) is 11.1 Å². The number of halogens is 2. The lowest BCUT2D eigenvalue weighted by atomic mass is 10.1. The highest BCUT2D eigenvalue weighted by atomic mass is 35.5. The fraction of sp³-hybridized carbons (Fsp3) is 0.200. The van der Waals surface area contributed by atoms with Crippen LogP contribution in [0.5, 0.6) is 11.5 Å². The normalized spacial score (nSPS) is 10.4. The standard InChI is InChI=1S/C15H14ClFO/c1-10-4-3-5-14(15(10)17)18-13-7-6-12(9-16)8-11(13)2/h3-8H,9H2,1-2H3. The first-order chi connectivity index (χ1) is 8.61. The molecule has 0 bridgehead atoms. The van der Waals surface area contributed by atoms with Crippen molar-refractivity contribution < 1.29 is 9.13 Å². The lowest BCUT2D eigenvalue weighted by Gasteiger charge is -2.11. The molecule has 0 aliphatic carbocycles. The Hall–Kier alpha value is -1.54. The molecule has 0 radical (unpaired) electrons. The van der Waals surface area contributed by atoms with E-state index in [1.54, 1.807) is 25.1 Å². The molecule has 2 aromatic carbocycles. The zero-order chi connectivity index (χ0) is 13.1. The van der Waals surface area contributed by atoms with E-state index < -0.39 is 0 Å². The summed E-state index contributed by atoms with van der Waals surface area (Å²) in [4.78, 5) is 0. The minimum atomic E-state index is -0.321. The second-order valence-electron chi connectivity index (χ2n) is 4.22. The van der Waals surface area contributed by atoms with Gasteiger partial charge in [-0.25, -0.2) is 4.39 Å². The first kappa shape index (κ1) is 12.9. The fourth-order valence-electron chi connectivity index (χ4n) is 1.73. The summed E-state index contributed by atoms with van der Waals surface area (Å²) in [6.07, 6.45) is 0. The van der Waals surface area contributed by atoms with Gasteiger partial charge in [-0.2, -0.15) is 0 Å². The van der Waals surface area contributed by atoms with Crippen molar-refractivity contribution in [2.75, 3.05) is 0 Å². The van der Waals surface area contributed by atoms with E-state index in [1.165, 1.54) is 0 Å². The zero-order valence-electron chi connectivity index (χ0n) is 10.3. The van der Waals surface area contributed by atoms with Crippen LogP contribution in [0, 0.1) is 19.7 Å². The molecule has 2 rings (SSSR count). The molecule has 0 unspecified atom stereocenters. The van der Waals surface area contributed by atoms with Crippen molar-refractivity contribution in [2.24, 2.45) is 0 Å². The molecule has 0 heterocycles. The Morgan fingerprint density at radius 2 is 1.83 bits per heavy atom. The number of aryl methyl sites for hydroxylation is 2. The minimum absolute atomic E-state index is 0.247. The third-order valence-corrected chi connectivity index (χ3v) is 3.08. The van der Waals surface area contributed by atoms with Crippen molar-refractivity contribution in [1.29, 1.82) is 0 Å². The Labute approximate surface area is 111 Å². The maximum atomic E-state index is 13.8. The second kappa shape index (κ2) is 5.40. The lowest BCUT2D eigenvalue weighted by Crippen LogP contribution is -1.93. The molecule has 0 aromatic heterocycles. The predicted molar refractivity (Wildman–Crippen MR) is 71.9 cm³/mol. The predicted octanol–water partition coefficient (Wildman–Crippen LogP) is 4.97. The number of benzene rings is 2. The zero-order valence-corrected chi connectivity index (χ0v) is 11.1. The van der Waals surface area contributed by atoms with Gasteiger partial charge in [-0.05, 0) is 42.7 Å². The van der Waals surface area contributed by atoms with Gasteiger partial charge in [0.15, 0.2) is 11.6 Å². The lowest BCUT2D eigenvalue weighted by molar-refractivity contribution is 0.437. The molecule has 0 aliphatic rings. The molecule has 0 N–H and O–H groups in total. The highest BCUT2D eigenvalue weighted by Crippen LogP contribution is 2.29. The Balaban J connectivity index is 2.31. The summed E-state index contributed by atoms with van der Waals surface area (Å²) < 4.78 is 19.4. The molecular weight excluding hydrogens is 251 g/mol. The van der Waals surface area contributed by atoms with Crippen LogP contribution in [-0.2, 0) is 5.88 Å². The number of alkyl halides is 1. The van der Waals surface area contributed by atoms with Crippen LogP contribution >= 0.6 is 11.6 Å². The highest BCUT2D eigenvalue weighted by Gasteiger charge is 2.08. The first-order valence-corrected chi connectivity index (χ1v) is 6.23. The summed E-state index contributed by atoms with van der Waals surface area (Å²) in [5, 5.41) is 0. The number of ether oxygens (including phenoxy) is 1. The molecule has 2 aromatic rings. The van der Waals surface area contributed by atoms with Crippen molar-refractivity contribution in [3.8, 4) is 11.5 Å². The van der Waals surface area contributed by atoms with Crippen LogP contribution in [0.4, 0.5) is 4.39 Å². The van der Waals surface area contributed by atoms with Gasteiger partial charge >= 0.3 is 0 Å². The van der Waals surface area contributed by atoms with Gasteiger partial charge in [0.1, 0.15) is 5.75 Å². The quantitative estimate of drug-likeness (QED) is 0.711. The Bertz CT molecular complexity index is 566. The van der Waals surface area contributed by atoms with Crippen LogP contribution in [0.25, 0.3) is 0 Å². The SMILES string of the molecule is Cc1cc(CCl)ccc1Oc1cccc(C)c1F. The Morgan fingerprint density at radius 3 is 2.50 bits per heavy atom. The van der Waals surface area contributed by atoms with Crippen molar-refractivity contribution in [1.82, 2.24) is 0 Å².